The summed E-state index contributed by atoms with van der Waals surface area (Å²) in [5.41, 5.74) is 19.1. The number of ether oxygens (including phenoxy) is 4. The van der Waals surface area contributed by atoms with E-state index in [0.717, 1.165) is 15.8 Å². The molecule has 13 N–H and O–H groups in total. The Hall–Kier alpha value is -3.84. The van der Waals surface area contributed by atoms with Crippen molar-refractivity contribution in [3.8, 4) is 0 Å². The first kappa shape index (κ1) is 62.3. The number of anilines is 4. The second-order valence-corrected chi connectivity index (χ2v) is 23.0. The van der Waals surface area contributed by atoms with Gasteiger partial charge in [0.15, 0.2) is 6.29 Å². The largest absolute Gasteiger partial charge is 1.00 e. The minimum atomic E-state index is -4.31. The summed E-state index contributed by atoms with van der Waals surface area (Å²) in [6, 6.07) is 5.79. The third-order valence-electron chi connectivity index (χ3n) is 8.33. The van der Waals surface area contributed by atoms with Crippen molar-refractivity contribution in [2.24, 2.45) is 0 Å². The Kier molecular flexibility index (Phi) is 25.3. The number of aliphatic hydroxyl groups excluding tert-OH is 2. The molecule has 2 aliphatic rings. The van der Waals surface area contributed by atoms with Gasteiger partial charge in [0.05, 0.1) is 58.5 Å². The number of aromatic nitrogens is 8. The van der Waals surface area contributed by atoms with Crippen LogP contribution >= 0.6 is 29.9 Å². The van der Waals surface area contributed by atoms with E-state index in [9.17, 15) is 47.4 Å². The van der Waals surface area contributed by atoms with Crippen molar-refractivity contribution in [3.63, 3.8) is 0 Å². The van der Waals surface area contributed by atoms with Crippen molar-refractivity contribution in [1.82, 2.24) is 38.2 Å². The van der Waals surface area contributed by atoms with Gasteiger partial charge in [0, 0.05) is 38.8 Å². The molecule has 386 valence electrons. The summed E-state index contributed by atoms with van der Waals surface area (Å²) in [6.07, 6.45) is 0.960. The van der Waals surface area contributed by atoms with Crippen LogP contribution in [-0.2, 0) is 72.4 Å². The number of nitrogen functional groups attached to an aromatic ring is 4. The molecule has 6 heterocycles. The zero-order chi connectivity index (χ0) is 51.7. The van der Waals surface area contributed by atoms with Crippen LogP contribution in [0.4, 0.5) is 23.3 Å². The second kappa shape index (κ2) is 28.4. The van der Waals surface area contributed by atoms with Gasteiger partial charge < -0.3 is 85.3 Å². The Morgan fingerprint density at radius 3 is 1.47 bits per heavy atom. The minimum absolute atomic E-state index is 0. The van der Waals surface area contributed by atoms with Crippen LogP contribution < -0.4 is 80.1 Å². The van der Waals surface area contributed by atoms with Gasteiger partial charge in [-0.1, -0.05) is 0 Å². The maximum absolute atomic E-state index is 11.5. The number of rotatable bonds is 15. The fraction of sp³-hybridized carbons (Fsp3) is 0.515. The summed E-state index contributed by atoms with van der Waals surface area (Å²) in [5.74, 6) is 0.462. The SMILES string of the molecule is CP(=O)([O-])CO[C@H](O)Cn1ccc(N)nc1=O.CP1(=O)CO[C@@H](Cn2ccc(N)nc2=O)CO1.Nc1ccn(C[C@@H](CO)OCP(=O)(O)O)c(=O)n1.Nc1ccn(C[C@H]2COP(=O)(O)CO2)c(=O)n1.[Na+]. The van der Waals surface area contributed by atoms with Crippen LogP contribution in [0.1, 0.15) is 0 Å². The van der Waals surface area contributed by atoms with Crippen molar-refractivity contribution in [2.75, 3.05) is 81.5 Å². The molecule has 2 fully saturated rings. The summed E-state index contributed by atoms with van der Waals surface area (Å²) in [4.78, 5) is 96.7. The standard InChI is InChI=1S/C9H14N3O4P.C8H14N3O6P.C8H12N3O5P.C8H14N3O5P.Na/c1-17(14)6-15-7(5-16-17)4-12-3-2-8(10)11-9(12)13;9-7-1-2-11(8(13)10-7)3-6(4-12)17-5-18(14,15)16;9-7-1-2-11(8(12)10-7)3-6-4-16-17(13,14)5-15-6;1-17(14,15)5-16-7(12)4-11-3-2-6(9)10-8(11)13;/h2-3,7H,4-6H2,1H3,(H2,10,11,13);1-2,6,12H,3-5H2,(H2,9,10,13)(H2,14,15,16);1-2,6H,3-5H2,(H,13,14)(H2,9,10,12);2-3,7,12H,4-5H2,1H3,(H,14,15)(H2,9,10,13);/q;;;;+1/p-1/t7-,17?;2*6-;7-;/m0000./s1. The summed E-state index contributed by atoms with van der Waals surface area (Å²) in [7, 11) is -14.1. The normalized spacial score (nSPS) is 21.6. The molecule has 0 spiro atoms. The molecule has 7 atom stereocenters. The molecule has 4 aromatic rings. The summed E-state index contributed by atoms with van der Waals surface area (Å²) in [5, 5.41) is 18.3. The van der Waals surface area contributed by atoms with Gasteiger partial charge in [0.25, 0.3) is 0 Å². The van der Waals surface area contributed by atoms with Crippen molar-refractivity contribution in [1.29, 1.82) is 0 Å². The number of nitrogens with two attached hydrogens (primary N) is 4. The van der Waals surface area contributed by atoms with Crippen molar-refractivity contribution in [2.45, 2.75) is 50.8 Å². The molecule has 6 rings (SSSR count). The Morgan fingerprint density at radius 1 is 0.729 bits per heavy atom. The molecule has 3 unspecified atom stereocenters. The summed E-state index contributed by atoms with van der Waals surface area (Å²) in [6.45, 7) is 2.43. The van der Waals surface area contributed by atoms with Gasteiger partial charge in [-0.25, -0.2) is 19.2 Å². The first-order valence-electron chi connectivity index (χ1n) is 19.6. The Bertz CT molecular complexity index is 2640. The Morgan fingerprint density at radius 2 is 1.13 bits per heavy atom. The van der Waals surface area contributed by atoms with Gasteiger partial charge in [-0.2, -0.15) is 19.9 Å². The predicted molar refractivity (Wildman–Crippen MR) is 241 cm³/mol. The van der Waals surface area contributed by atoms with E-state index in [1.807, 2.05) is 0 Å². The first-order valence-corrected chi connectivity index (χ1v) is 27.7. The Balaban J connectivity index is 0.000000319. The monoisotopic (exact) mass is 1080 g/mol. The first-order chi connectivity index (χ1) is 32.0. The van der Waals surface area contributed by atoms with E-state index in [2.05, 4.69) is 24.7 Å². The van der Waals surface area contributed by atoms with Crippen LogP contribution in [0.2, 0.25) is 0 Å². The van der Waals surface area contributed by atoms with Crippen molar-refractivity contribution < 1.29 is 106 Å². The molecule has 0 bridgehead atoms. The maximum atomic E-state index is 11.5. The zero-order valence-electron chi connectivity index (χ0n) is 37.7. The van der Waals surface area contributed by atoms with Crippen LogP contribution in [0, 0.1) is 0 Å². The van der Waals surface area contributed by atoms with E-state index in [1.165, 1.54) is 58.7 Å². The van der Waals surface area contributed by atoms with E-state index in [0.29, 0.717) is 6.54 Å². The molecule has 0 aromatic carbocycles. The van der Waals surface area contributed by atoms with Crippen LogP contribution in [0.3, 0.4) is 0 Å². The second-order valence-electron chi connectivity index (χ2n) is 14.8. The van der Waals surface area contributed by atoms with Crippen LogP contribution in [0.15, 0.2) is 68.2 Å². The molecule has 2 aliphatic heterocycles. The molecule has 70 heavy (non-hydrogen) atoms. The third kappa shape index (κ3) is 24.5. The molecule has 0 radical (unpaired) electrons. The average molecular weight is 1080 g/mol. The van der Waals surface area contributed by atoms with Crippen LogP contribution in [-0.4, -0.2) is 146 Å². The van der Waals surface area contributed by atoms with E-state index in [4.69, 9.17) is 66.0 Å². The molecule has 0 saturated carbocycles. The number of nitrogens with zero attached hydrogens (tertiary/aromatic N) is 8. The van der Waals surface area contributed by atoms with Crippen LogP contribution in [0.5, 0.6) is 0 Å². The summed E-state index contributed by atoms with van der Waals surface area (Å²) >= 11 is 0. The van der Waals surface area contributed by atoms with Gasteiger partial charge in [-0.05, 0) is 30.9 Å². The van der Waals surface area contributed by atoms with Crippen LogP contribution in [0.25, 0.3) is 0 Å². The van der Waals surface area contributed by atoms with Gasteiger partial charge in [0.1, 0.15) is 54.5 Å². The third-order valence-corrected chi connectivity index (χ3v) is 11.8. The molecular formula is C33H53N12NaO20P4. The average Bonchev–Trinajstić information content (AvgIpc) is 3.24. The number of aliphatic hydroxyl groups is 2. The molecule has 0 aliphatic carbocycles. The van der Waals surface area contributed by atoms with E-state index in [-0.39, 0.29) is 104 Å². The fourth-order valence-electron chi connectivity index (χ4n) is 5.05. The molecule has 32 nitrogen and oxygen atoms in total. The zero-order valence-corrected chi connectivity index (χ0v) is 43.3. The van der Waals surface area contributed by atoms with Gasteiger partial charge in [-0.15, -0.1) is 0 Å². The van der Waals surface area contributed by atoms with Gasteiger partial charge in [0.2, 0.25) is 7.37 Å². The number of hydrogen-bond acceptors (Lipinski definition) is 25. The molecular weight excluding hydrogens is 1030 g/mol. The van der Waals surface area contributed by atoms with E-state index in [1.54, 1.807) is 6.20 Å². The summed E-state index contributed by atoms with van der Waals surface area (Å²) < 4.78 is 78.7. The maximum Gasteiger partial charge on any atom is 1.00 e. The van der Waals surface area contributed by atoms with E-state index < -0.39 is 90.5 Å². The molecule has 4 aromatic heterocycles. The molecule has 37 heteroatoms. The van der Waals surface area contributed by atoms with E-state index >= 15 is 0 Å². The fourth-order valence-corrected chi connectivity index (χ4v) is 7.81. The van der Waals surface area contributed by atoms with Crippen molar-refractivity contribution >= 4 is 53.2 Å². The molecule has 2 saturated heterocycles. The van der Waals surface area contributed by atoms with Crippen molar-refractivity contribution in [3.05, 3.63) is 91.0 Å². The topological polar surface area (TPSA) is 492 Å². The predicted octanol–water partition coefficient (Wildman–Crippen LogP) is -6.78. The van der Waals surface area contributed by atoms with Gasteiger partial charge in [-0.3, -0.25) is 32.0 Å². The Labute approximate surface area is 418 Å². The molecule has 0 amide bonds. The minimum Gasteiger partial charge on any atom is -0.798 e. The number of hydrogen-bond donors (Lipinski definition) is 9. The quantitative estimate of drug-likeness (QED) is 0.0303. The van der Waals surface area contributed by atoms with Gasteiger partial charge >= 0.3 is 67.5 Å². The smallest absolute Gasteiger partial charge is 0.798 e.